The Bertz CT molecular complexity index is 965. The zero-order chi connectivity index (χ0) is 19.6. The third-order valence-electron chi connectivity index (χ3n) is 5.62. The predicted molar refractivity (Wildman–Crippen MR) is 104 cm³/mol. The van der Waals surface area contributed by atoms with Crippen molar-refractivity contribution in [2.24, 2.45) is 0 Å². The van der Waals surface area contributed by atoms with E-state index in [1.54, 1.807) is 11.0 Å². The van der Waals surface area contributed by atoms with Crippen molar-refractivity contribution in [3.8, 4) is 11.3 Å². The second-order valence-electron chi connectivity index (χ2n) is 7.48. The highest BCUT2D eigenvalue weighted by Crippen LogP contribution is 2.25. The van der Waals surface area contributed by atoms with Gasteiger partial charge in [0.25, 0.3) is 5.91 Å². The number of aromatic nitrogens is 4. The van der Waals surface area contributed by atoms with Gasteiger partial charge in [0, 0.05) is 50.3 Å². The molecule has 0 aliphatic carbocycles. The number of nitrogens with zero attached hydrogens (tertiary/aromatic N) is 5. The smallest absolute Gasteiger partial charge is 0.292 e. The number of carbonyl (C=O) groups excluding carboxylic acids is 1. The van der Waals surface area contributed by atoms with E-state index in [0.717, 1.165) is 43.3 Å². The van der Waals surface area contributed by atoms with Gasteiger partial charge in [-0.2, -0.15) is 5.10 Å². The molecule has 2 aliphatic heterocycles. The molecule has 29 heavy (non-hydrogen) atoms. The summed E-state index contributed by atoms with van der Waals surface area (Å²) in [6.45, 7) is 3.35. The molecule has 150 valence electrons. The van der Waals surface area contributed by atoms with Crippen LogP contribution in [0.15, 0.2) is 40.9 Å². The number of ether oxygens (including phenoxy) is 1. The largest absolute Gasteiger partial charge is 0.381 e. The lowest BCUT2D eigenvalue weighted by atomic mass is 10.00. The fourth-order valence-electron chi connectivity index (χ4n) is 3.93. The van der Waals surface area contributed by atoms with Gasteiger partial charge in [0.05, 0.1) is 6.54 Å². The molecule has 0 N–H and O–H groups in total. The number of benzene rings is 1. The minimum atomic E-state index is -0.143. The Morgan fingerprint density at radius 1 is 1.07 bits per heavy atom. The van der Waals surface area contributed by atoms with Crippen molar-refractivity contribution in [1.29, 1.82) is 0 Å². The number of amides is 1. The van der Waals surface area contributed by atoms with Crippen LogP contribution in [0.25, 0.3) is 11.3 Å². The van der Waals surface area contributed by atoms with Crippen LogP contribution in [0.5, 0.6) is 0 Å². The third kappa shape index (κ3) is 3.67. The van der Waals surface area contributed by atoms with Crippen LogP contribution in [0.4, 0.5) is 0 Å². The summed E-state index contributed by atoms with van der Waals surface area (Å²) in [6, 6.07) is 11.4. The number of hydrogen-bond acceptors (Lipinski definition) is 6. The molecule has 8 heteroatoms. The van der Waals surface area contributed by atoms with Crippen LogP contribution in [0.1, 0.15) is 41.0 Å². The second kappa shape index (κ2) is 7.79. The molecule has 0 atom stereocenters. The van der Waals surface area contributed by atoms with Gasteiger partial charge in [-0.05, 0) is 12.8 Å². The van der Waals surface area contributed by atoms with E-state index >= 15 is 0 Å². The summed E-state index contributed by atoms with van der Waals surface area (Å²) in [4.78, 5) is 19.5. The van der Waals surface area contributed by atoms with E-state index in [4.69, 9.17) is 19.3 Å². The molecule has 0 spiro atoms. The molecule has 0 bridgehead atoms. The summed E-state index contributed by atoms with van der Waals surface area (Å²) in [5, 5.41) is 8.78. The van der Waals surface area contributed by atoms with Crippen molar-refractivity contribution in [1.82, 2.24) is 24.8 Å². The van der Waals surface area contributed by atoms with Crippen LogP contribution >= 0.6 is 0 Å². The molecule has 4 heterocycles. The van der Waals surface area contributed by atoms with Crippen LogP contribution in [-0.4, -0.2) is 57.0 Å². The first kappa shape index (κ1) is 18.1. The lowest BCUT2D eigenvalue weighted by Crippen LogP contribution is -2.33. The van der Waals surface area contributed by atoms with Gasteiger partial charge in [-0.3, -0.25) is 4.79 Å². The first-order valence-electron chi connectivity index (χ1n) is 10.1. The highest BCUT2D eigenvalue weighted by Gasteiger charge is 2.27. The lowest BCUT2D eigenvalue weighted by molar-refractivity contribution is 0.0715. The van der Waals surface area contributed by atoms with Crippen LogP contribution in [-0.2, 0) is 17.7 Å². The Hall–Kier alpha value is -3.00. The van der Waals surface area contributed by atoms with Gasteiger partial charge < -0.3 is 14.2 Å². The highest BCUT2D eigenvalue weighted by molar-refractivity contribution is 5.92. The molecule has 0 saturated carbocycles. The Balaban J connectivity index is 1.27. The van der Waals surface area contributed by atoms with Crippen molar-refractivity contribution in [3.05, 3.63) is 53.8 Å². The molecular weight excluding hydrogens is 370 g/mol. The van der Waals surface area contributed by atoms with Gasteiger partial charge in [0.1, 0.15) is 11.5 Å². The minimum absolute atomic E-state index is 0.143. The number of fused-ring (bicyclic) bond motifs is 1. The van der Waals surface area contributed by atoms with Crippen molar-refractivity contribution >= 4 is 5.91 Å². The zero-order valence-corrected chi connectivity index (χ0v) is 16.2. The molecule has 2 aromatic heterocycles. The Labute approximate surface area is 168 Å². The fourth-order valence-corrected chi connectivity index (χ4v) is 3.93. The second-order valence-corrected chi connectivity index (χ2v) is 7.48. The summed E-state index contributed by atoms with van der Waals surface area (Å²) < 4.78 is 12.7. The molecule has 0 radical (unpaired) electrons. The van der Waals surface area contributed by atoms with Gasteiger partial charge in [-0.1, -0.05) is 35.5 Å². The lowest BCUT2D eigenvalue weighted by Gasteiger charge is -2.19. The van der Waals surface area contributed by atoms with E-state index in [9.17, 15) is 4.79 Å². The molecule has 1 saturated heterocycles. The summed E-state index contributed by atoms with van der Waals surface area (Å²) in [7, 11) is 0. The van der Waals surface area contributed by atoms with E-state index in [-0.39, 0.29) is 11.7 Å². The van der Waals surface area contributed by atoms with Gasteiger partial charge in [0.2, 0.25) is 5.76 Å². The molecule has 1 amide bonds. The molecule has 1 fully saturated rings. The summed E-state index contributed by atoms with van der Waals surface area (Å²) in [5.41, 5.74) is 1.59. The van der Waals surface area contributed by atoms with Crippen molar-refractivity contribution in [2.45, 2.75) is 31.7 Å². The van der Waals surface area contributed by atoms with E-state index in [1.165, 1.54) is 0 Å². The first-order valence-corrected chi connectivity index (χ1v) is 10.1. The first-order chi connectivity index (χ1) is 14.3. The summed E-state index contributed by atoms with van der Waals surface area (Å²) in [6.07, 6.45) is 2.63. The molecule has 2 aliphatic rings. The maximum Gasteiger partial charge on any atom is 0.292 e. The standard InChI is InChI=1S/C21H23N5O3/c27-21(18-14-17(24-29-18)15-4-2-1-3-5-15)25-9-6-19-22-20(23-26(19)11-10-25)16-7-12-28-13-8-16/h1-5,14,16H,6-13H2. The minimum Gasteiger partial charge on any atom is -0.381 e. The molecular formula is C21H23N5O3. The number of carbonyl (C=O) groups is 1. The predicted octanol–water partition coefficient (Wildman–Crippen LogP) is 2.53. The quantitative estimate of drug-likeness (QED) is 0.680. The molecule has 5 rings (SSSR count). The Morgan fingerprint density at radius 3 is 2.72 bits per heavy atom. The van der Waals surface area contributed by atoms with Crippen LogP contribution in [0, 0.1) is 0 Å². The zero-order valence-electron chi connectivity index (χ0n) is 16.2. The van der Waals surface area contributed by atoms with E-state index in [0.29, 0.717) is 37.7 Å². The van der Waals surface area contributed by atoms with E-state index in [2.05, 4.69) is 5.16 Å². The summed E-state index contributed by atoms with van der Waals surface area (Å²) >= 11 is 0. The van der Waals surface area contributed by atoms with E-state index < -0.39 is 0 Å². The number of hydrogen-bond donors (Lipinski definition) is 0. The van der Waals surface area contributed by atoms with Crippen LogP contribution < -0.4 is 0 Å². The molecule has 0 unspecified atom stereocenters. The monoisotopic (exact) mass is 393 g/mol. The maximum atomic E-state index is 12.9. The Morgan fingerprint density at radius 2 is 1.90 bits per heavy atom. The van der Waals surface area contributed by atoms with Gasteiger partial charge in [0.15, 0.2) is 5.82 Å². The molecule has 3 aromatic rings. The highest BCUT2D eigenvalue weighted by atomic mass is 16.5. The normalized spacial score (nSPS) is 17.7. The van der Waals surface area contributed by atoms with Crippen molar-refractivity contribution in [2.75, 3.05) is 26.3 Å². The summed E-state index contributed by atoms with van der Waals surface area (Å²) in [5.74, 6) is 2.37. The van der Waals surface area contributed by atoms with E-state index in [1.807, 2.05) is 35.0 Å². The van der Waals surface area contributed by atoms with Crippen molar-refractivity contribution in [3.63, 3.8) is 0 Å². The maximum absolute atomic E-state index is 12.9. The van der Waals surface area contributed by atoms with Gasteiger partial charge in [-0.25, -0.2) is 9.67 Å². The number of rotatable bonds is 3. The van der Waals surface area contributed by atoms with Crippen LogP contribution in [0.3, 0.4) is 0 Å². The topological polar surface area (TPSA) is 86.3 Å². The third-order valence-corrected chi connectivity index (χ3v) is 5.62. The van der Waals surface area contributed by atoms with Gasteiger partial charge in [-0.15, -0.1) is 0 Å². The van der Waals surface area contributed by atoms with Crippen LogP contribution in [0.2, 0.25) is 0 Å². The average molecular weight is 393 g/mol. The average Bonchev–Trinajstić information content (AvgIpc) is 3.38. The molecule has 8 nitrogen and oxygen atoms in total. The SMILES string of the molecule is O=C(c1cc(-c2ccccc2)no1)N1CCc2nc(C3CCOCC3)nn2CC1. The molecule has 1 aromatic carbocycles. The Kier molecular flexibility index (Phi) is 4.85. The van der Waals surface area contributed by atoms with Crippen molar-refractivity contribution < 1.29 is 14.1 Å². The fraction of sp³-hybridized carbons (Fsp3) is 0.429. The van der Waals surface area contributed by atoms with Gasteiger partial charge >= 0.3 is 0 Å².